The zero-order valence-electron chi connectivity index (χ0n) is 13.9. The summed E-state index contributed by atoms with van der Waals surface area (Å²) in [7, 11) is 0. The van der Waals surface area contributed by atoms with Gasteiger partial charge in [-0.05, 0) is 31.5 Å². The second-order valence-electron chi connectivity index (χ2n) is 5.18. The van der Waals surface area contributed by atoms with Gasteiger partial charge in [-0.3, -0.25) is 10.2 Å². The molecule has 0 atom stereocenters. The fraction of sp³-hybridized carbons (Fsp3) is 0.312. The minimum Gasteiger partial charge on any atom is -0.466 e. The van der Waals surface area contributed by atoms with Gasteiger partial charge >= 0.3 is 12.1 Å². The molecule has 1 heterocycles. The van der Waals surface area contributed by atoms with Gasteiger partial charge in [-0.25, -0.2) is 9.37 Å². The summed E-state index contributed by atoms with van der Waals surface area (Å²) in [5.41, 5.74) is 1.81. The number of anilines is 1. The number of hydrogen-bond acceptors (Lipinski definition) is 6. The van der Waals surface area contributed by atoms with Crippen LogP contribution in [0.4, 0.5) is 22.7 Å². The van der Waals surface area contributed by atoms with E-state index in [9.17, 15) is 22.4 Å². The number of hydrazone groups is 1. The van der Waals surface area contributed by atoms with Gasteiger partial charge in [-0.1, -0.05) is 0 Å². The third-order valence-corrected chi connectivity index (χ3v) is 3.99. The standard InChI is InChI=1S/C16H15F4N3O2S/c1-3-25-14(24)5-11-8-26-15(22-11)23-21-7-10-4-9(2)12(6-13(10)17)16(18,19)20/h4,6-8H,3,5H2,1-2H3,(H,22,23). The van der Waals surface area contributed by atoms with Crippen LogP contribution in [0.3, 0.4) is 0 Å². The average Bonchev–Trinajstić information content (AvgIpc) is 2.96. The van der Waals surface area contributed by atoms with Gasteiger partial charge in [0.1, 0.15) is 5.82 Å². The van der Waals surface area contributed by atoms with Gasteiger partial charge in [0.15, 0.2) is 0 Å². The molecular formula is C16H15F4N3O2S. The van der Waals surface area contributed by atoms with Crippen molar-refractivity contribution in [3.05, 3.63) is 45.7 Å². The quantitative estimate of drug-likeness (QED) is 0.349. The molecule has 0 bridgehead atoms. The van der Waals surface area contributed by atoms with Crippen molar-refractivity contribution in [1.29, 1.82) is 0 Å². The van der Waals surface area contributed by atoms with Gasteiger partial charge in [0.05, 0.1) is 30.5 Å². The monoisotopic (exact) mass is 389 g/mol. The molecule has 0 unspecified atom stereocenters. The van der Waals surface area contributed by atoms with E-state index < -0.39 is 23.5 Å². The summed E-state index contributed by atoms with van der Waals surface area (Å²) in [6.07, 6.45) is -3.54. The molecule has 1 aromatic heterocycles. The number of thiazole rings is 1. The molecule has 1 N–H and O–H groups in total. The predicted molar refractivity (Wildman–Crippen MR) is 89.8 cm³/mol. The van der Waals surface area contributed by atoms with Crippen molar-refractivity contribution in [1.82, 2.24) is 4.98 Å². The first-order valence-electron chi connectivity index (χ1n) is 7.47. The molecule has 0 aliphatic rings. The summed E-state index contributed by atoms with van der Waals surface area (Å²) >= 11 is 1.17. The number of carbonyl (C=O) groups excluding carboxylic acids is 1. The number of nitrogens with one attached hydrogen (secondary N) is 1. The van der Waals surface area contributed by atoms with Crippen molar-refractivity contribution >= 4 is 28.7 Å². The van der Waals surface area contributed by atoms with Crippen LogP contribution in [0.2, 0.25) is 0 Å². The number of alkyl halides is 3. The number of rotatable bonds is 6. The molecular weight excluding hydrogens is 374 g/mol. The Morgan fingerprint density at radius 2 is 2.15 bits per heavy atom. The second kappa shape index (κ2) is 8.26. The van der Waals surface area contributed by atoms with Crippen LogP contribution in [0.15, 0.2) is 22.6 Å². The van der Waals surface area contributed by atoms with E-state index in [1.807, 2.05) is 0 Å². The van der Waals surface area contributed by atoms with Gasteiger partial charge in [0, 0.05) is 10.9 Å². The Hall–Kier alpha value is -2.49. The van der Waals surface area contributed by atoms with E-state index in [0.29, 0.717) is 16.9 Å². The highest BCUT2D eigenvalue weighted by atomic mass is 32.1. The number of aryl methyl sites for hydroxylation is 1. The Labute approximate surface area is 150 Å². The van der Waals surface area contributed by atoms with Crippen LogP contribution in [-0.4, -0.2) is 23.8 Å². The number of esters is 1. The van der Waals surface area contributed by atoms with E-state index in [-0.39, 0.29) is 24.2 Å². The van der Waals surface area contributed by atoms with E-state index >= 15 is 0 Å². The summed E-state index contributed by atoms with van der Waals surface area (Å²) < 4.78 is 56.8. The number of benzene rings is 1. The molecule has 0 spiro atoms. The number of halogens is 4. The van der Waals surface area contributed by atoms with Crippen molar-refractivity contribution in [3.8, 4) is 0 Å². The minimum absolute atomic E-state index is 0.0163. The number of nitrogens with zero attached hydrogens (tertiary/aromatic N) is 2. The lowest BCUT2D eigenvalue weighted by molar-refractivity contribution is -0.142. The fourth-order valence-corrected chi connectivity index (χ4v) is 2.72. The van der Waals surface area contributed by atoms with Crippen molar-refractivity contribution in [2.75, 3.05) is 12.0 Å². The van der Waals surface area contributed by atoms with E-state index in [1.54, 1.807) is 12.3 Å². The maximum Gasteiger partial charge on any atom is 0.416 e. The SMILES string of the molecule is CCOC(=O)Cc1csc(NN=Cc2cc(C)c(C(F)(F)F)cc2F)n1. The number of aromatic nitrogens is 1. The van der Waals surface area contributed by atoms with Gasteiger partial charge in [-0.15, -0.1) is 11.3 Å². The Balaban J connectivity index is 2.04. The molecule has 0 saturated carbocycles. The molecule has 0 fully saturated rings. The Bertz CT molecular complexity index is 818. The first-order chi connectivity index (χ1) is 12.2. The number of hydrogen-bond donors (Lipinski definition) is 1. The highest BCUT2D eigenvalue weighted by Gasteiger charge is 2.33. The van der Waals surface area contributed by atoms with Crippen LogP contribution in [0.5, 0.6) is 0 Å². The highest BCUT2D eigenvalue weighted by molar-refractivity contribution is 7.13. The number of ether oxygens (including phenoxy) is 1. The molecule has 0 aliphatic heterocycles. The molecule has 0 radical (unpaired) electrons. The fourth-order valence-electron chi connectivity index (χ4n) is 2.06. The lowest BCUT2D eigenvalue weighted by atomic mass is 10.0. The lowest BCUT2D eigenvalue weighted by Gasteiger charge is -2.11. The topological polar surface area (TPSA) is 63.6 Å². The smallest absolute Gasteiger partial charge is 0.416 e. The molecule has 26 heavy (non-hydrogen) atoms. The van der Waals surface area contributed by atoms with Crippen LogP contribution in [0, 0.1) is 12.7 Å². The molecule has 0 aliphatic carbocycles. The second-order valence-corrected chi connectivity index (χ2v) is 6.04. The molecule has 5 nitrogen and oxygen atoms in total. The van der Waals surface area contributed by atoms with Gasteiger partial charge < -0.3 is 4.74 Å². The van der Waals surface area contributed by atoms with Gasteiger partial charge in [-0.2, -0.15) is 18.3 Å². The molecule has 0 saturated heterocycles. The van der Waals surface area contributed by atoms with Crippen LogP contribution in [0.1, 0.15) is 29.3 Å². The normalized spacial score (nSPS) is 11.8. The Morgan fingerprint density at radius 3 is 2.81 bits per heavy atom. The maximum atomic E-state index is 13.8. The van der Waals surface area contributed by atoms with Crippen LogP contribution >= 0.6 is 11.3 Å². The Morgan fingerprint density at radius 1 is 1.42 bits per heavy atom. The summed E-state index contributed by atoms with van der Waals surface area (Å²) in [5.74, 6) is -1.44. The summed E-state index contributed by atoms with van der Waals surface area (Å²) in [6.45, 7) is 3.22. The molecule has 0 amide bonds. The van der Waals surface area contributed by atoms with Crippen molar-refractivity contribution in [2.24, 2.45) is 5.10 Å². The third kappa shape index (κ3) is 5.25. The summed E-state index contributed by atoms with van der Waals surface area (Å²) in [6, 6.07) is 1.51. The first-order valence-corrected chi connectivity index (χ1v) is 8.35. The van der Waals surface area contributed by atoms with Crippen LogP contribution in [0.25, 0.3) is 0 Å². The number of carbonyl (C=O) groups is 1. The predicted octanol–water partition coefficient (Wildman–Crippen LogP) is 4.16. The molecule has 10 heteroatoms. The first kappa shape index (κ1) is 19.8. The van der Waals surface area contributed by atoms with Crippen molar-refractivity contribution in [3.63, 3.8) is 0 Å². The van der Waals surface area contributed by atoms with E-state index in [1.165, 1.54) is 18.3 Å². The third-order valence-electron chi connectivity index (χ3n) is 3.20. The molecule has 2 rings (SSSR count). The van der Waals surface area contributed by atoms with Gasteiger partial charge in [0.25, 0.3) is 0 Å². The van der Waals surface area contributed by atoms with E-state index in [4.69, 9.17) is 4.74 Å². The van der Waals surface area contributed by atoms with E-state index in [2.05, 4.69) is 15.5 Å². The van der Waals surface area contributed by atoms with E-state index in [0.717, 1.165) is 12.3 Å². The molecule has 1 aromatic carbocycles. The maximum absolute atomic E-state index is 13.8. The van der Waals surface area contributed by atoms with Crippen LogP contribution < -0.4 is 5.43 Å². The average molecular weight is 389 g/mol. The van der Waals surface area contributed by atoms with Crippen molar-refractivity contribution in [2.45, 2.75) is 26.4 Å². The molecule has 140 valence electrons. The van der Waals surface area contributed by atoms with Crippen LogP contribution in [-0.2, 0) is 22.1 Å². The summed E-state index contributed by atoms with van der Waals surface area (Å²) in [5, 5.41) is 5.76. The molecule has 2 aromatic rings. The highest BCUT2D eigenvalue weighted by Crippen LogP contribution is 2.32. The zero-order valence-corrected chi connectivity index (χ0v) is 14.7. The Kier molecular flexibility index (Phi) is 6.30. The largest absolute Gasteiger partial charge is 0.466 e. The minimum atomic E-state index is -4.62. The van der Waals surface area contributed by atoms with Crippen molar-refractivity contribution < 1.29 is 27.1 Å². The van der Waals surface area contributed by atoms with Gasteiger partial charge in [0.2, 0.25) is 5.13 Å². The zero-order chi connectivity index (χ0) is 19.3. The lowest BCUT2D eigenvalue weighted by Crippen LogP contribution is -2.09. The summed E-state index contributed by atoms with van der Waals surface area (Å²) in [4.78, 5) is 15.5.